The lowest BCUT2D eigenvalue weighted by molar-refractivity contribution is -0.112. The predicted octanol–water partition coefficient (Wildman–Crippen LogP) is 2.43. The Bertz CT molecular complexity index is 855. The van der Waals surface area contributed by atoms with Gasteiger partial charge in [0.15, 0.2) is 0 Å². The van der Waals surface area contributed by atoms with Crippen molar-refractivity contribution in [1.82, 2.24) is 4.90 Å². The van der Waals surface area contributed by atoms with Gasteiger partial charge in [-0.05, 0) is 30.4 Å². The highest BCUT2D eigenvalue weighted by molar-refractivity contribution is 7.90. The van der Waals surface area contributed by atoms with Crippen LogP contribution in [0, 0.1) is 0 Å². The van der Waals surface area contributed by atoms with Crippen molar-refractivity contribution in [1.29, 1.82) is 0 Å². The van der Waals surface area contributed by atoms with Crippen molar-refractivity contribution in [2.24, 2.45) is 4.40 Å². The van der Waals surface area contributed by atoms with Crippen LogP contribution in [0.2, 0.25) is 10.0 Å². The summed E-state index contributed by atoms with van der Waals surface area (Å²) < 4.78 is 26.6. The van der Waals surface area contributed by atoms with Crippen LogP contribution >= 0.6 is 23.2 Å². The first-order chi connectivity index (χ1) is 10.8. The molecule has 0 aromatic heterocycles. The van der Waals surface area contributed by atoms with Gasteiger partial charge in [0.25, 0.3) is 15.9 Å². The number of halogens is 2. The van der Waals surface area contributed by atoms with E-state index in [9.17, 15) is 13.2 Å². The molecule has 23 heavy (non-hydrogen) atoms. The Labute approximate surface area is 143 Å². The molecule has 9 heteroatoms. The van der Waals surface area contributed by atoms with E-state index in [4.69, 9.17) is 23.2 Å². The molecular formula is C14H11Cl2N3O3S. The molecule has 0 saturated carbocycles. The van der Waals surface area contributed by atoms with Gasteiger partial charge in [0.1, 0.15) is 5.84 Å². The molecule has 0 unspecified atom stereocenters. The monoisotopic (exact) mass is 371 g/mol. The Morgan fingerprint density at radius 1 is 1.17 bits per heavy atom. The lowest BCUT2D eigenvalue weighted by Gasteiger charge is -2.26. The molecule has 0 fully saturated rings. The number of carbonyl (C=O) groups is 1. The second-order valence-electron chi connectivity index (χ2n) is 4.96. The van der Waals surface area contributed by atoms with E-state index < -0.39 is 10.0 Å². The number of nitrogens with zero attached hydrogens (tertiary/aromatic N) is 2. The van der Waals surface area contributed by atoms with E-state index in [1.54, 1.807) is 29.3 Å². The maximum atomic E-state index is 12.3. The number of fused-ring (bicyclic) bond motifs is 1. The average molecular weight is 372 g/mol. The number of sulfonamides is 1. The molecule has 0 bridgehead atoms. The number of rotatable bonds is 2. The van der Waals surface area contributed by atoms with Crippen LogP contribution in [0.4, 0.5) is 5.69 Å². The highest BCUT2D eigenvalue weighted by atomic mass is 35.5. The molecule has 3 rings (SSSR count). The van der Waals surface area contributed by atoms with Crippen molar-refractivity contribution >= 4 is 50.7 Å². The van der Waals surface area contributed by atoms with E-state index in [0.29, 0.717) is 27.1 Å². The SMILES string of the molecule is O=C(Nc1cc(Cl)cc(Cl)c1)C1=CN2CCS(=O)(=O)N=C2C=C1. The number of anilines is 1. The molecule has 2 aliphatic heterocycles. The Morgan fingerprint density at radius 2 is 1.87 bits per heavy atom. The van der Waals surface area contributed by atoms with E-state index >= 15 is 0 Å². The zero-order chi connectivity index (χ0) is 16.6. The summed E-state index contributed by atoms with van der Waals surface area (Å²) in [6.07, 6.45) is 4.57. The minimum absolute atomic E-state index is 0.0837. The molecule has 6 nitrogen and oxygen atoms in total. The van der Waals surface area contributed by atoms with E-state index in [1.165, 1.54) is 12.2 Å². The van der Waals surface area contributed by atoms with Crippen LogP contribution in [0.3, 0.4) is 0 Å². The van der Waals surface area contributed by atoms with Gasteiger partial charge in [-0.25, -0.2) is 8.42 Å². The van der Waals surface area contributed by atoms with Gasteiger partial charge in [-0.2, -0.15) is 0 Å². The van der Waals surface area contributed by atoms with Gasteiger partial charge >= 0.3 is 0 Å². The number of hydrogen-bond acceptors (Lipinski definition) is 4. The first kappa shape index (κ1) is 16.0. The molecule has 1 aromatic rings. The standard InChI is InChI=1S/C14H11Cl2N3O3S/c15-10-5-11(16)7-12(6-10)17-14(20)9-1-2-13-18-23(21,22)4-3-19(13)8-9/h1-2,5-8H,3-4H2,(H,17,20). The smallest absolute Gasteiger partial charge is 0.257 e. The van der Waals surface area contributed by atoms with Crippen LogP contribution in [0.1, 0.15) is 0 Å². The van der Waals surface area contributed by atoms with Crippen LogP contribution in [-0.2, 0) is 14.8 Å². The third-order valence-electron chi connectivity index (χ3n) is 3.21. The lowest BCUT2D eigenvalue weighted by atomic mass is 10.1. The molecule has 2 heterocycles. The first-order valence-electron chi connectivity index (χ1n) is 6.59. The van der Waals surface area contributed by atoms with Crippen molar-refractivity contribution in [2.45, 2.75) is 0 Å². The molecule has 2 aliphatic rings. The van der Waals surface area contributed by atoms with Crippen LogP contribution < -0.4 is 5.32 Å². The molecule has 0 saturated heterocycles. The zero-order valence-corrected chi connectivity index (χ0v) is 14.0. The summed E-state index contributed by atoms with van der Waals surface area (Å²) in [7, 11) is -3.41. The van der Waals surface area contributed by atoms with Crippen LogP contribution in [-0.4, -0.2) is 37.4 Å². The number of nitrogens with one attached hydrogen (secondary N) is 1. The molecule has 0 spiro atoms. The topological polar surface area (TPSA) is 78.8 Å². The Balaban J connectivity index is 1.79. The fourth-order valence-electron chi connectivity index (χ4n) is 2.16. The first-order valence-corrected chi connectivity index (χ1v) is 8.95. The average Bonchev–Trinajstić information content (AvgIpc) is 2.44. The molecule has 1 aromatic carbocycles. The summed E-state index contributed by atoms with van der Waals surface area (Å²) in [5.41, 5.74) is 0.849. The summed E-state index contributed by atoms with van der Waals surface area (Å²) in [4.78, 5) is 13.9. The Morgan fingerprint density at radius 3 is 2.57 bits per heavy atom. The second kappa shape index (κ2) is 5.99. The van der Waals surface area contributed by atoms with Crippen molar-refractivity contribution in [2.75, 3.05) is 17.6 Å². The summed E-state index contributed by atoms with van der Waals surface area (Å²) in [6, 6.07) is 4.73. The van der Waals surface area contributed by atoms with E-state index in [-0.39, 0.29) is 18.2 Å². The van der Waals surface area contributed by atoms with Gasteiger partial charge in [-0.15, -0.1) is 4.40 Å². The van der Waals surface area contributed by atoms with Gasteiger partial charge in [-0.3, -0.25) is 4.79 Å². The number of amidine groups is 1. The quantitative estimate of drug-likeness (QED) is 0.865. The highest BCUT2D eigenvalue weighted by Gasteiger charge is 2.25. The van der Waals surface area contributed by atoms with Crippen LogP contribution in [0.15, 0.2) is 46.5 Å². The van der Waals surface area contributed by atoms with Gasteiger partial charge in [-0.1, -0.05) is 23.2 Å². The number of carbonyl (C=O) groups excluding carboxylic acids is 1. The molecule has 0 aliphatic carbocycles. The number of hydrogen-bond donors (Lipinski definition) is 1. The maximum Gasteiger partial charge on any atom is 0.257 e. The van der Waals surface area contributed by atoms with Gasteiger partial charge in [0.05, 0.1) is 11.3 Å². The van der Waals surface area contributed by atoms with Crippen molar-refractivity contribution in [3.05, 3.63) is 52.2 Å². The zero-order valence-electron chi connectivity index (χ0n) is 11.7. The minimum Gasteiger partial charge on any atom is -0.330 e. The molecule has 0 atom stereocenters. The summed E-state index contributed by atoms with van der Waals surface area (Å²) in [5.74, 6) is -0.134. The van der Waals surface area contributed by atoms with Gasteiger partial charge < -0.3 is 10.2 Å². The van der Waals surface area contributed by atoms with Crippen molar-refractivity contribution in [3.63, 3.8) is 0 Å². The number of amides is 1. The normalized spacial score (nSPS) is 18.8. The summed E-state index contributed by atoms with van der Waals surface area (Å²) in [6.45, 7) is 0.255. The third kappa shape index (κ3) is 3.74. The lowest BCUT2D eigenvalue weighted by Crippen LogP contribution is -2.37. The maximum absolute atomic E-state index is 12.3. The molecule has 120 valence electrons. The molecule has 1 amide bonds. The fourth-order valence-corrected chi connectivity index (χ4v) is 3.66. The molecule has 1 N–H and O–H groups in total. The predicted molar refractivity (Wildman–Crippen MR) is 90.2 cm³/mol. The fraction of sp³-hybridized carbons (Fsp3) is 0.143. The molecule has 0 radical (unpaired) electrons. The van der Waals surface area contributed by atoms with Crippen LogP contribution in [0.25, 0.3) is 0 Å². The second-order valence-corrected chi connectivity index (χ2v) is 7.59. The Hall–Kier alpha value is -1.83. The Kier molecular flexibility index (Phi) is 4.18. The highest BCUT2D eigenvalue weighted by Crippen LogP contribution is 2.23. The van der Waals surface area contributed by atoms with E-state index in [2.05, 4.69) is 9.71 Å². The van der Waals surface area contributed by atoms with Gasteiger partial charge in [0, 0.05) is 28.5 Å². The largest absolute Gasteiger partial charge is 0.330 e. The summed E-state index contributed by atoms with van der Waals surface area (Å²) in [5, 5.41) is 3.52. The van der Waals surface area contributed by atoms with E-state index in [0.717, 1.165) is 0 Å². The van der Waals surface area contributed by atoms with Crippen molar-refractivity contribution < 1.29 is 13.2 Å². The molecular weight excluding hydrogens is 361 g/mol. The van der Waals surface area contributed by atoms with Crippen molar-refractivity contribution in [3.8, 4) is 0 Å². The number of benzene rings is 1. The van der Waals surface area contributed by atoms with Crippen LogP contribution in [0.5, 0.6) is 0 Å². The minimum atomic E-state index is -3.41. The van der Waals surface area contributed by atoms with Gasteiger partial charge in [0.2, 0.25) is 0 Å². The van der Waals surface area contributed by atoms with E-state index in [1.807, 2.05) is 0 Å². The third-order valence-corrected chi connectivity index (χ3v) is 4.81. The summed E-state index contributed by atoms with van der Waals surface area (Å²) >= 11 is 11.8.